The van der Waals surface area contributed by atoms with Crippen LogP contribution in [0.5, 0.6) is 5.75 Å². The quantitative estimate of drug-likeness (QED) is 0.843. The van der Waals surface area contributed by atoms with Crippen molar-refractivity contribution in [2.24, 2.45) is 0 Å². The van der Waals surface area contributed by atoms with Crippen LogP contribution in [0.1, 0.15) is 5.56 Å². The molecular weight excluding hydrogens is 339 g/mol. The van der Waals surface area contributed by atoms with Gasteiger partial charge in [0.25, 0.3) is 0 Å². The van der Waals surface area contributed by atoms with E-state index in [0.29, 0.717) is 31.4 Å². The number of rotatable bonds is 4. The number of ether oxygens (including phenoxy) is 2. The second-order valence-corrected chi connectivity index (χ2v) is 6.34. The summed E-state index contributed by atoms with van der Waals surface area (Å²) < 4.78 is 24.6. The highest BCUT2D eigenvalue weighted by Gasteiger charge is 2.23. The smallest absolute Gasteiger partial charge is 0.173 e. The lowest BCUT2D eigenvalue weighted by Crippen LogP contribution is -2.49. The second kappa shape index (κ2) is 8.27. The van der Waals surface area contributed by atoms with Gasteiger partial charge in [-0.1, -0.05) is 18.2 Å². The first-order chi connectivity index (χ1) is 12.1. The summed E-state index contributed by atoms with van der Waals surface area (Å²) in [6, 6.07) is 14.1. The minimum Gasteiger partial charge on any atom is -0.491 e. The van der Waals surface area contributed by atoms with Crippen LogP contribution < -0.4 is 10.1 Å². The minimum atomic E-state index is -0.267. The molecule has 0 radical (unpaired) electrons. The number of nitrogens with one attached hydrogen (secondary N) is 1. The number of aryl methyl sites for hydroxylation is 1. The Hall–Kier alpha value is -2.18. The highest BCUT2D eigenvalue weighted by atomic mass is 32.1. The lowest BCUT2D eigenvalue weighted by molar-refractivity contribution is -0.0281. The fourth-order valence-corrected chi connectivity index (χ4v) is 2.93. The molecule has 0 spiro atoms. The van der Waals surface area contributed by atoms with E-state index >= 15 is 0 Å². The molecule has 3 rings (SSSR count). The van der Waals surface area contributed by atoms with Crippen molar-refractivity contribution in [1.82, 2.24) is 4.90 Å². The zero-order chi connectivity index (χ0) is 17.6. The number of halogens is 1. The molecule has 132 valence electrons. The minimum absolute atomic E-state index is 0.0543. The molecule has 0 amide bonds. The van der Waals surface area contributed by atoms with Crippen LogP contribution in [-0.4, -0.2) is 42.4 Å². The first-order valence-electron chi connectivity index (χ1n) is 8.23. The number of benzene rings is 2. The molecule has 0 saturated carbocycles. The molecule has 25 heavy (non-hydrogen) atoms. The van der Waals surface area contributed by atoms with Gasteiger partial charge < -0.3 is 19.7 Å². The number of nitrogens with zero attached hydrogens (tertiary/aromatic N) is 1. The number of hydrogen-bond donors (Lipinski definition) is 1. The Bertz CT molecular complexity index is 724. The van der Waals surface area contributed by atoms with Gasteiger partial charge in [-0.2, -0.15) is 0 Å². The summed E-state index contributed by atoms with van der Waals surface area (Å²) in [7, 11) is 0. The monoisotopic (exact) mass is 360 g/mol. The lowest BCUT2D eigenvalue weighted by atomic mass is 10.2. The maximum absolute atomic E-state index is 13.0. The van der Waals surface area contributed by atoms with E-state index in [9.17, 15) is 4.39 Å². The van der Waals surface area contributed by atoms with Gasteiger partial charge in [0, 0.05) is 18.8 Å². The fourth-order valence-electron chi connectivity index (χ4n) is 2.64. The lowest BCUT2D eigenvalue weighted by Gasteiger charge is -2.34. The molecule has 1 N–H and O–H groups in total. The largest absolute Gasteiger partial charge is 0.491 e. The van der Waals surface area contributed by atoms with Gasteiger partial charge in [0.15, 0.2) is 5.11 Å². The van der Waals surface area contributed by atoms with Gasteiger partial charge in [-0.25, -0.2) is 4.39 Å². The van der Waals surface area contributed by atoms with Gasteiger partial charge in [0.2, 0.25) is 0 Å². The third kappa shape index (κ3) is 4.90. The zero-order valence-corrected chi connectivity index (χ0v) is 14.9. The molecule has 6 heteroatoms. The summed E-state index contributed by atoms with van der Waals surface area (Å²) in [6.07, 6.45) is -0.0543. The predicted molar refractivity (Wildman–Crippen MR) is 101 cm³/mol. The Balaban J connectivity index is 1.52. The second-order valence-electron chi connectivity index (χ2n) is 5.95. The Morgan fingerprint density at radius 2 is 2.04 bits per heavy atom. The van der Waals surface area contributed by atoms with Gasteiger partial charge in [0.05, 0.1) is 6.61 Å². The Morgan fingerprint density at radius 3 is 2.80 bits per heavy atom. The summed E-state index contributed by atoms with van der Waals surface area (Å²) in [5.74, 6) is 0.603. The van der Waals surface area contributed by atoms with Crippen molar-refractivity contribution >= 4 is 23.0 Å². The van der Waals surface area contributed by atoms with E-state index in [1.165, 1.54) is 12.1 Å². The van der Waals surface area contributed by atoms with Crippen LogP contribution in [0.15, 0.2) is 48.5 Å². The number of para-hydroxylation sites is 1. The van der Waals surface area contributed by atoms with Crippen LogP contribution in [0.4, 0.5) is 10.1 Å². The molecule has 0 aliphatic carbocycles. The van der Waals surface area contributed by atoms with E-state index in [1.54, 1.807) is 12.1 Å². The fraction of sp³-hybridized carbons (Fsp3) is 0.316. The van der Waals surface area contributed by atoms with Crippen LogP contribution in [0.2, 0.25) is 0 Å². The molecule has 1 atom stereocenters. The molecule has 0 aromatic heterocycles. The summed E-state index contributed by atoms with van der Waals surface area (Å²) in [5, 5.41) is 3.74. The van der Waals surface area contributed by atoms with Crippen LogP contribution in [0, 0.1) is 12.7 Å². The number of thiocarbonyl (C=S) groups is 1. The number of hydrogen-bond acceptors (Lipinski definition) is 3. The van der Waals surface area contributed by atoms with Crippen molar-refractivity contribution in [1.29, 1.82) is 0 Å². The SMILES string of the molecule is Cc1ccccc1OC[C@H]1CN(C(=S)Nc2ccc(F)cc2)CCO1. The summed E-state index contributed by atoms with van der Waals surface area (Å²) in [6.45, 7) is 4.45. The molecular formula is C19H21FN2O2S. The Labute approximate surface area is 152 Å². The van der Waals surface area contributed by atoms with Crippen LogP contribution >= 0.6 is 12.2 Å². The molecule has 1 aliphatic rings. The van der Waals surface area contributed by atoms with E-state index in [0.717, 1.165) is 17.0 Å². The van der Waals surface area contributed by atoms with Crippen molar-refractivity contribution in [3.8, 4) is 5.75 Å². The standard InChI is InChI=1S/C19H21FN2O2S/c1-14-4-2-3-5-18(14)24-13-17-12-22(10-11-23-17)19(25)21-16-8-6-15(20)7-9-16/h2-9,17H,10-13H2,1H3,(H,21,25)/t17-/m1/s1. The normalized spacial score (nSPS) is 17.2. The Morgan fingerprint density at radius 1 is 1.28 bits per heavy atom. The van der Waals surface area contributed by atoms with E-state index in [2.05, 4.69) is 5.32 Å². The van der Waals surface area contributed by atoms with Crippen molar-refractivity contribution in [2.75, 3.05) is 31.6 Å². The molecule has 1 heterocycles. The molecule has 0 unspecified atom stereocenters. The van der Waals surface area contributed by atoms with E-state index in [-0.39, 0.29) is 11.9 Å². The number of morpholine rings is 1. The van der Waals surface area contributed by atoms with Gasteiger partial charge >= 0.3 is 0 Å². The van der Waals surface area contributed by atoms with E-state index in [4.69, 9.17) is 21.7 Å². The van der Waals surface area contributed by atoms with Crippen molar-refractivity contribution in [3.05, 3.63) is 59.9 Å². The zero-order valence-electron chi connectivity index (χ0n) is 14.1. The molecule has 2 aromatic rings. The first-order valence-corrected chi connectivity index (χ1v) is 8.64. The van der Waals surface area contributed by atoms with Crippen LogP contribution in [-0.2, 0) is 4.74 Å². The third-order valence-electron chi connectivity index (χ3n) is 4.04. The first kappa shape index (κ1) is 17.6. The van der Waals surface area contributed by atoms with Gasteiger partial charge in [0.1, 0.15) is 24.3 Å². The van der Waals surface area contributed by atoms with E-state index in [1.807, 2.05) is 36.1 Å². The van der Waals surface area contributed by atoms with Crippen molar-refractivity contribution in [2.45, 2.75) is 13.0 Å². The van der Waals surface area contributed by atoms with Crippen LogP contribution in [0.3, 0.4) is 0 Å². The van der Waals surface area contributed by atoms with Gasteiger partial charge in [-0.15, -0.1) is 0 Å². The molecule has 0 bridgehead atoms. The summed E-state index contributed by atoms with van der Waals surface area (Å²) in [4.78, 5) is 2.05. The number of anilines is 1. The van der Waals surface area contributed by atoms with Gasteiger partial charge in [-0.05, 0) is 55.0 Å². The van der Waals surface area contributed by atoms with Gasteiger partial charge in [-0.3, -0.25) is 0 Å². The summed E-state index contributed by atoms with van der Waals surface area (Å²) >= 11 is 5.46. The molecule has 1 aliphatic heterocycles. The van der Waals surface area contributed by atoms with Crippen molar-refractivity contribution < 1.29 is 13.9 Å². The third-order valence-corrected chi connectivity index (χ3v) is 4.40. The van der Waals surface area contributed by atoms with E-state index < -0.39 is 0 Å². The van der Waals surface area contributed by atoms with Crippen molar-refractivity contribution in [3.63, 3.8) is 0 Å². The highest BCUT2D eigenvalue weighted by Crippen LogP contribution is 2.18. The molecule has 1 fully saturated rings. The highest BCUT2D eigenvalue weighted by molar-refractivity contribution is 7.80. The molecule has 1 saturated heterocycles. The average molecular weight is 360 g/mol. The average Bonchev–Trinajstić information content (AvgIpc) is 2.63. The predicted octanol–water partition coefficient (Wildman–Crippen LogP) is 3.61. The molecule has 4 nitrogen and oxygen atoms in total. The maximum atomic E-state index is 13.0. The topological polar surface area (TPSA) is 33.7 Å². The maximum Gasteiger partial charge on any atom is 0.173 e. The molecule has 2 aromatic carbocycles. The van der Waals surface area contributed by atoms with Crippen LogP contribution in [0.25, 0.3) is 0 Å². The summed E-state index contributed by atoms with van der Waals surface area (Å²) in [5.41, 5.74) is 1.87. The Kier molecular flexibility index (Phi) is 5.83.